The van der Waals surface area contributed by atoms with Crippen molar-refractivity contribution in [2.75, 3.05) is 19.8 Å². The summed E-state index contributed by atoms with van der Waals surface area (Å²) in [5.41, 5.74) is 6.97. The van der Waals surface area contributed by atoms with Crippen molar-refractivity contribution in [3.05, 3.63) is 22.5 Å². The van der Waals surface area contributed by atoms with Gasteiger partial charge in [0.05, 0.1) is 38.7 Å². The van der Waals surface area contributed by atoms with E-state index in [1.807, 2.05) is 0 Å². The van der Waals surface area contributed by atoms with E-state index in [2.05, 4.69) is 4.98 Å². The quantitative estimate of drug-likeness (QED) is 0.339. The average molecular weight is 412 g/mol. The number of carbonyl (C=O) groups excluding carboxylic acids is 3. The number of ether oxygens (including phenoxy) is 3. The van der Waals surface area contributed by atoms with Crippen LogP contribution in [0.25, 0.3) is 0 Å². The molecule has 1 heterocycles. The number of nitrogens with two attached hydrogens (primary N) is 1. The number of aromatic nitrogens is 1. The Bertz CT molecular complexity index is 741. The molecule has 0 aliphatic rings. The summed E-state index contributed by atoms with van der Waals surface area (Å²) in [6.45, 7) is 5.42. The highest BCUT2D eigenvalue weighted by Gasteiger charge is 2.28. The molecule has 1 unspecified atom stereocenters. The maximum atomic E-state index is 12.4. The number of carboxylic acid groups (broad SMARTS) is 1. The second-order valence-corrected chi connectivity index (χ2v) is 6.08. The lowest BCUT2D eigenvalue weighted by molar-refractivity contribution is -0.143. The molecule has 1 rings (SSSR count). The van der Waals surface area contributed by atoms with Crippen LogP contribution in [0.15, 0.2) is 0 Å². The number of hydrogen-bond acceptors (Lipinski definition) is 8. The molecular weight excluding hydrogens is 384 g/mol. The van der Waals surface area contributed by atoms with E-state index in [1.54, 1.807) is 20.8 Å². The van der Waals surface area contributed by atoms with Crippen LogP contribution >= 0.6 is 0 Å². The Balaban J connectivity index is 3.42. The largest absolute Gasteiger partial charge is 0.481 e. The minimum atomic E-state index is -1.13. The van der Waals surface area contributed by atoms with E-state index in [4.69, 9.17) is 25.1 Å². The van der Waals surface area contributed by atoms with E-state index in [0.717, 1.165) is 0 Å². The van der Waals surface area contributed by atoms with Crippen molar-refractivity contribution in [3.63, 3.8) is 0 Å². The van der Waals surface area contributed by atoms with Crippen LogP contribution in [0.3, 0.4) is 0 Å². The second kappa shape index (κ2) is 11.8. The van der Waals surface area contributed by atoms with E-state index in [9.17, 15) is 19.2 Å². The first kappa shape index (κ1) is 24.2. The van der Waals surface area contributed by atoms with Gasteiger partial charge in [0.1, 0.15) is 5.69 Å². The first-order chi connectivity index (χ1) is 13.7. The highest BCUT2D eigenvalue weighted by atomic mass is 16.5. The lowest BCUT2D eigenvalue weighted by Crippen LogP contribution is -2.18. The number of carboxylic acids is 1. The van der Waals surface area contributed by atoms with Gasteiger partial charge in [0.2, 0.25) is 0 Å². The average Bonchev–Trinajstić information content (AvgIpc) is 2.98. The fourth-order valence-electron chi connectivity index (χ4n) is 2.88. The van der Waals surface area contributed by atoms with Gasteiger partial charge in [-0.1, -0.05) is 0 Å². The van der Waals surface area contributed by atoms with Crippen LogP contribution < -0.4 is 5.73 Å². The van der Waals surface area contributed by atoms with Crippen molar-refractivity contribution in [2.24, 2.45) is 5.73 Å². The van der Waals surface area contributed by atoms with Gasteiger partial charge in [-0.3, -0.25) is 14.4 Å². The van der Waals surface area contributed by atoms with Gasteiger partial charge in [-0.2, -0.15) is 0 Å². The lowest BCUT2D eigenvalue weighted by atomic mass is 9.97. The number of carbonyl (C=O) groups is 4. The molecule has 0 fully saturated rings. The van der Waals surface area contributed by atoms with Crippen LogP contribution in [-0.4, -0.2) is 53.8 Å². The monoisotopic (exact) mass is 412 g/mol. The molecule has 1 aromatic rings. The third kappa shape index (κ3) is 7.22. The molecule has 4 N–H and O–H groups in total. The Hall–Kier alpha value is -2.88. The molecule has 29 heavy (non-hydrogen) atoms. The maximum absolute atomic E-state index is 12.4. The van der Waals surface area contributed by atoms with E-state index >= 15 is 0 Å². The number of esters is 3. The van der Waals surface area contributed by atoms with Gasteiger partial charge in [-0.15, -0.1) is 0 Å². The van der Waals surface area contributed by atoms with E-state index in [0.29, 0.717) is 5.56 Å². The number of aliphatic carboxylic acids is 1. The predicted octanol–water partition coefficient (Wildman–Crippen LogP) is 1.27. The van der Waals surface area contributed by atoms with Gasteiger partial charge in [-0.05, 0) is 38.3 Å². The van der Waals surface area contributed by atoms with Gasteiger partial charge < -0.3 is 30.0 Å². The molecule has 162 valence electrons. The van der Waals surface area contributed by atoms with Crippen molar-refractivity contribution in [3.8, 4) is 0 Å². The minimum absolute atomic E-state index is 0.00500. The van der Waals surface area contributed by atoms with Gasteiger partial charge in [0, 0.05) is 12.1 Å². The molecule has 1 atom stereocenters. The van der Waals surface area contributed by atoms with Crippen molar-refractivity contribution in [1.29, 1.82) is 0 Å². The first-order valence-electron chi connectivity index (χ1n) is 9.44. The van der Waals surface area contributed by atoms with Gasteiger partial charge in [0.15, 0.2) is 0 Å². The lowest BCUT2D eigenvalue weighted by Gasteiger charge is -2.12. The molecular formula is C19H28N2O8. The van der Waals surface area contributed by atoms with Crippen LogP contribution in [0.4, 0.5) is 0 Å². The molecule has 0 saturated carbocycles. The number of H-pyrrole nitrogens is 1. The third-order valence-corrected chi connectivity index (χ3v) is 4.01. The Morgan fingerprint density at radius 2 is 1.55 bits per heavy atom. The molecule has 10 nitrogen and oxygen atoms in total. The summed E-state index contributed by atoms with van der Waals surface area (Å²) < 4.78 is 14.9. The zero-order valence-corrected chi connectivity index (χ0v) is 16.9. The second-order valence-electron chi connectivity index (χ2n) is 6.08. The third-order valence-electron chi connectivity index (χ3n) is 4.01. The number of nitrogens with one attached hydrogen (secondary N) is 1. The highest BCUT2D eigenvalue weighted by molar-refractivity contribution is 5.92. The van der Waals surface area contributed by atoms with Crippen LogP contribution in [-0.2, 0) is 41.4 Å². The molecule has 0 aromatic carbocycles. The summed E-state index contributed by atoms with van der Waals surface area (Å²) in [6, 6.07) is -0.978. The summed E-state index contributed by atoms with van der Waals surface area (Å²) in [5, 5.41) is 9.08. The normalized spacial score (nSPS) is 11.6. The number of hydrogen-bond donors (Lipinski definition) is 3. The van der Waals surface area contributed by atoms with Crippen LogP contribution in [0.5, 0.6) is 0 Å². The molecule has 0 bridgehead atoms. The molecule has 0 amide bonds. The zero-order chi connectivity index (χ0) is 22.0. The maximum Gasteiger partial charge on any atom is 0.355 e. The summed E-state index contributed by atoms with van der Waals surface area (Å²) in [5.74, 6) is -2.88. The van der Waals surface area contributed by atoms with Crippen molar-refractivity contribution in [2.45, 2.75) is 52.5 Å². The van der Waals surface area contributed by atoms with Crippen LogP contribution in [0, 0.1) is 0 Å². The number of aromatic amines is 1. The molecule has 0 saturated heterocycles. The fourth-order valence-corrected chi connectivity index (χ4v) is 2.88. The Morgan fingerprint density at radius 1 is 0.966 bits per heavy atom. The molecule has 10 heteroatoms. The summed E-state index contributed by atoms with van der Waals surface area (Å²) in [6.07, 6.45) is -0.590. The number of rotatable bonds is 12. The minimum Gasteiger partial charge on any atom is -0.481 e. The van der Waals surface area contributed by atoms with Crippen LogP contribution in [0.2, 0.25) is 0 Å². The summed E-state index contributed by atoms with van der Waals surface area (Å²) in [7, 11) is 0. The summed E-state index contributed by atoms with van der Waals surface area (Å²) in [4.78, 5) is 50.2. The Kier molecular flexibility index (Phi) is 9.87. The molecule has 0 radical (unpaired) electrons. The highest BCUT2D eigenvalue weighted by Crippen LogP contribution is 2.28. The van der Waals surface area contributed by atoms with Crippen molar-refractivity contribution < 1.29 is 38.5 Å². The topological polar surface area (TPSA) is 158 Å². The SMILES string of the molecule is CCOC(=O)CCc1c(C(N)CC(=O)O)[nH]c(C(=O)OCC)c1CC(=O)OCC. The molecule has 0 aliphatic heterocycles. The van der Waals surface area contributed by atoms with Gasteiger partial charge in [-0.25, -0.2) is 4.79 Å². The van der Waals surface area contributed by atoms with E-state index < -0.39 is 36.3 Å². The van der Waals surface area contributed by atoms with Crippen molar-refractivity contribution >= 4 is 23.9 Å². The van der Waals surface area contributed by atoms with Crippen molar-refractivity contribution in [1.82, 2.24) is 4.98 Å². The standard InChI is InChI=1S/C19H28N2O8/c1-4-27-15(24)8-7-11-12(9-16(25)28-5-2)18(19(26)29-6-3)21-17(11)13(20)10-14(22)23/h13,21H,4-10,20H2,1-3H3,(H,22,23). The van der Waals surface area contributed by atoms with Crippen LogP contribution in [0.1, 0.15) is 67.0 Å². The van der Waals surface area contributed by atoms with E-state index in [1.165, 1.54) is 0 Å². The fraction of sp³-hybridized carbons (Fsp3) is 0.579. The summed E-state index contributed by atoms with van der Waals surface area (Å²) >= 11 is 0. The molecule has 1 aromatic heterocycles. The zero-order valence-electron chi connectivity index (χ0n) is 16.9. The first-order valence-corrected chi connectivity index (χ1v) is 9.44. The Labute approximate surface area is 168 Å². The smallest absolute Gasteiger partial charge is 0.355 e. The molecule has 0 spiro atoms. The van der Waals surface area contributed by atoms with Gasteiger partial charge in [0.25, 0.3) is 0 Å². The molecule has 0 aliphatic carbocycles. The van der Waals surface area contributed by atoms with Gasteiger partial charge >= 0.3 is 23.9 Å². The van der Waals surface area contributed by atoms with E-state index in [-0.39, 0.29) is 56.0 Å². The Morgan fingerprint density at radius 3 is 2.10 bits per heavy atom. The predicted molar refractivity (Wildman–Crippen MR) is 101 cm³/mol.